The van der Waals surface area contributed by atoms with E-state index in [2.05, 4.69) is 0 Å². The molecule has 1 atom stereocenters. The van der Waals surface area contributed by atoms with Gasteiger partial charge in [-0.1, -0.05) is 0 Å². The Morgan fingerprint density at radius 2 is 2.11 bits per heavy atom. The first-order valence-electron chi connectivity index (χ1n) is 6.00. The fraction of sp³-hybridized carbons (Fsp3) is 0.429. The molecular formula is C14H16O5. The van der Waals surface area contributed by atoms with Crippen molar-refractivity contribution in [2.45, 2.75) is 32.5 Å². The molecule has 0 fully saturated rings. The minimum atomic E-state index is -0.784. The van der Waals surface area contributed by atoms with Crippen LogP contribution in [0.4, 0.5) is 0 Å². The zero-order valence-electron chi connectivity index (χ0n) is 11.1. The smallest absolute Gasteiger partial charge is 0.351 e. The molecule has 1 aliphatic rings. The predicted octanol–water partition coefficient (Wildman–Crippen LogP) is 1.98. The summed E-state index contributed by atoms with van der Waals surface area (Å²) in [6, 6.07) is 4.79. The van der Waals surface area contributed by atoms with Gasteiger partial charge >= 0.3 is 5.97 Å². The number of hydrogen-bond donors (Lipinski definition) is 0. The lowest BCUT2D eigenvalue weighted by atomic mass is 10.2. The summed E-state index contributed by atoms with van der Waals surface area (Å²) < 4.78 is 16.2. The Balaban J connectivity index is 2.10. The summed E-state index contributed by atoms with van der Waals surface area (Å²) >= 11 is 0. The van der Waals surface area contributed by atoms with E-state index >= 15 is 0 Å². The number of aldehydes is 1. The van der Waals surface area contributed by atoms with Gasteiger partial charge in [0.25, 0.3) is 0 Å². The molecule has 0 spiro atoms. The van der Waals surface area contributed by atoms with Crippen molar-refractivity contribution in [3.05, 3.63) is 23.8 Å². The van der Waals surface area contributed by atoms with Crippen molar-refractivity contribution >= 4 is 12.3 Å². The molecule has 1 aliphatic heterocycles. The standard InChI is InChI=1S/C14H16O5/c1-14(2,3)19-13(16)12-8-17-11-6-9(7-15)4-5-10(11)18-12/h4-7,12H,8H2,1-3H3. The van der Waals surface area contributed by atoms with Gasteiger partial charge in [0.1, 0.15) is 18.5 Å². The maximum atomic E-state index is 11.9. The van der Waals surface area contributed by atoms with Gasteiger partial charge in [-0.2, -0.15) is 0 Å². The fourth-order valence-corrected chi connectivity index (χ4v) is 1.64. The van der Waals surface area contributed by atoms with E-state index in [4.69, 9.17) is 14.2 Å². The summed E-state index contributed by atoms with van der Waals surface area (Å²) in [5.41, 5.74) is -0.0692. The first kappa shape index (κ1) is 13.4. The molecular weight excluding hydrogens is 248 g/mol. The third-order valence-corrected chi connectivity index (χ3v) is 2.43. The molecule has 1 aromatic carbocycles. The molecule has 0 radical (unpaired) electrons. The minimum Gasteiger partial charge on any atom is -0.485 e. The van der Waals surface area contributed by atoms with Crippen molar-refractivity contribution in [3.8, 4) is 11.5 Å². The second-order valence-electron chi connectivity index (χ2n) is 5.27. The van der Waals surface area contributed by atoms with Crippen LogP contribution in [0.15, 0.2) is 18.2 Å². The van der Waals surface area contributed by atoms with E-state index in [1.54, 1.807) is 39.0 Å². The van der Waals surface area contributed by atoms with Gasteiger partial charge in [0.15, 0.2) is 11.5 Å². The number of hydrogen-bond acceptors (Lipinski definition) is 5. The number of benzene rings is 1. The number of ether oxygens (including phenoxy) is 3. The highest BCUT2D eigenvalue weighted by molar-refractivity contribution is 5.78. The zero-order chi connectivity index (χ0) is 14.0. The van der Waals surface area contributed by atoms with Crippen LogP contribution >= 0.6 is 0 Å². The summed E-state index contributed by atoms with van der Waals surface area (Å²) in [5.74, 6) is 0.440. The Morgan fingerprint density at radius 1 is 1.37 bits per heavy atom. The first-order valence-corrected chi connectivity index (χ1v) is 6.00. The molecule has 1 heterocycles. The van der Waals surface area contributed by atoms with Crippen LogP contribution in [0.2, 0.25) is 0 Å². The summed E-state index contributed by atoms with van der Waals surface area (Å²) in [7, 11) is 0. The molecule has 0 saturated carbocycles. The van der Waals surface area contributed by atoms with Crippen LogP contribution in [0.25, 0.3) is 0 Å². The van der Waals surface area contributed by atoms with Gasteiger partial charge in [0, 0.05) is 5.56 Å². The molecule has 0 saturated heterocycles. The van der Waals surface area contributed by atoms with Crippen molar-refractivity contribution < 1.29 is 23.8 Å². The highest BCUT2D eigenvalue weighted by atomic mass is 16.6. The molecule has 5 nitrogen and oxygen atoms in total. The molecule has 0 amide bonds. The highest BCUT2D eigenvalue weighted by Crippen LogP contribution is 2.32. The average Bonchev–Trinajstić information content (AvgIpc) is 2.35. The Kier molecular flexibility index (Phi) is 3.46. The third-order valence-electron chi connectivity index (χ3n) is 2.43. The predicted molar refractivity (Wildman–Crippen MR) is 67.6 cm³/mol. The minimum absolute atomic E-state index is 0.0736. The lowest BCUT2D eigenvalue weighted by Gasteiger charge is -2.28. The van der Waals surface area contributed by atoms with Crippen LogP contribution in [-0.4, -0.2) is 30.6 Å². The number of carbonyl (C=O) groups is 2. The molecule has 19 heavy (non-hydrogen) atoms. The second-order valence-corrected chi connectivity index (χ2v) is 5.27. The summed E-state index contributed by atoms with van der Waals surface area (Å²) in [4.78, 5) is 22.5. The van der Waals surface area contributed by atoms with Crippen molar-refractivity contribution in [1.82, 2.24) is 0 Å². The maximum Gasteiger partial charge on any atom is 0.351 e. The van der Waals surface area contributed by atoms with Gasteiger partial charge in [-0.25, -0.2) is 4.79 Å². The van der Waals surface area contributed by atoms with Gasteiger partial charge in [0.05, 0.1) is 0 Å². The van der Waals surface area contributed by atoms with E-state index in [0.29, 0.717) is 17.1 Å². The second kappa shape index (κ2) is 4.91. The van der Waals surface area contributed by atoms with Gasteiger partial charge in [-0.3, -0.25) is 4.79 Å². The van der Waals surface area contributed by atoms with E-state index in [-0.39, 0.29) is 6.61 Å². The maximum absolute atomic E-state index is 11.9. The molecule has 0 aromatic heterocycles. The topological polar surface area (TPSA) is 61.8 Å². The van der Waals surface area contributed by atoms with Crippen LogP contribution in [-0.2, 0) is 9.53 Å². The molecule has 0 aliphatic carbocycles. The molecule has 5 heteroatoms. The Labute approximate surface area is 111 Å². The summed E-state index contributed by atoms with van der Waals surface area (Å²) in [5, 5.41) is 0. The number of carbonyl (C=O) groups excluding carboxylic acids is 2. The highest BCUT2D eigenvalue weighted by Gasteiger charge is 2.31. The van der Waals surface area contributed by atoms with Crippen molar-refractivity contribution in [2.24, 2.45) is 0 Å². The molecule has 1 aromatic rings. The van der Waals surface area contributed by atoms with E-state index in [0.717, 1.165) is 6.29 Å². The molecule has 102 valence electrons. The lowest BCUT2D eigenvalue weighted by Crippen LogP contribution is -2.41. The monoisotopic (exact) mass is 264 g/mol. The average molecular weight is 264 g/mol. The third kappa shape index (κ3) is 3.24. The van der Waals surface area contributed by atoms with E-state index in [1.807, 2.05) is 0 Å². The Hall–Kier alpha value is -2.04. The largest absolute Gasteiger partial charge is 0.485 e. The molecule has 1 unspecified atom stereocenters. The van der Waals surface area contributed by atoms with Gasteiger partial charge < -0.3 is 14.2 Å². The number of rotatable bonds is 2. The molecule has 0 N–H and O–H groups in total. The van der Waals surface area contributed by atoms with Crippen LogP contribution in [0, 0.1) is 0 Å². The van der Waals surface area contributed by atoms with Crippen molar-refractivity contribution in [2.75, 3.05) is 6.61 Å². The van der Waals surface area contributed by atoms with Crippen LogP contribution < -0.4 is 9.47 Å². The van der Waals surface area contributed by atoms with E-state index in [9.17, 15) is 9.59 Å². The normalized spacial score (nSPS) is 17.7. The number of fused-ring (bicyclic) bond motifs is 1. The summed E-state index contributed by atoms with van der Waals surface area (Å²) in [6.07, 6.45) is -0.0577. The van der Waals surface area contributed by atoms with Gasteiger partial charge in [-0.05, 0) is 39.0 Å². The Morgan fingerprint density at radius 3 is 2.74 bits per heavy atom. The lowest BCUT2D eigenvalue weighted by molar-refractivity contribution is -0.165. The van der Waals surface area contributed by atoms with Gasteiger partial charge in [-0.15, -0.1) is 0 Å². The van der Waals surface area contributed by atoms with Gasteiger partial charge in [0.2, 0.25) is 6.10 Å². The van der Waals surface area contributed by atoms with Crippen molar-refractivity contribution in [3.63, 3.8) is 0 Å². The van der Waals surface area contributed by atoms with Crippen LogP contribution in [0.1, 0.15) is 31.1 Å². The Bertz CT molecular complexity index is 501. The molecule has 0 bridgehead atoms. The zero-order valence-corrected chi connectivity index (χ0v) is 11.1. The van der Waals surface area contributed by atoms with E-state index < -0.39 is 17.7 Å². The summed E-state index contributed by atoms with van der Waals surface area (Å²) in [6.45, 7) is 5.45. The van der Waals surface area contributed by atoms with Crippen molar-refractivity contribution in [1.29, 1.82) is 0 Å². The SMILES string of the molecule is CC(C)(C)OC(=O)C1COc2cc(C=O)ccc2O1. The molecule has 2 rings (SSSR count). The van der Waals surface area contributed by atoms with Crippen LogP contribution in [0.5, 0.6) is 11.5 Å². The quantitative estimate of drug-likeness (QED) is 0.603. The van der Waals surface area contributed by atoms with E-state index in [1.165, 1.54) is 0 Å². The van der Waals surface area contributed by atoms with Crippen LogP contribution in [0.3, 0.4) is 0 Å². The first-order chi connectivity index (χ1) is 8.89. The fourth-order valence-electron chi connectivity index (χ4n) is 1.64. The number of esters is 1.